The van der Waals surface area contributed by atoms with E-state index in [4.69, 9.17) is 4.74 Å². The van der Waals surface area contributed by atoms with Crippen LogP contribution in [0.3, 0.4) is 0 Å². The number of carbonyl (C=O) groups is 5. The van der Waals surface area contributed by atoms with Gasteiger partial charge in [0.2, 0.25) is 11.8 Å². The van der Waals surface area contributed by atoms with Crippen LogP contribution in [0.2, 0.25) is 0 Å². The second-order valence-corrected chi connectivity index (χ2v) is 6.85. The van der Waals surface area contributed by atoms with Gasteiger partial charge < -0.3 is 15.4 Å². The van der Waals surface area contributed by atoms with Crippen LogP contribution in [-0.2, 0) is 14.4 Å². The number of hydrogen-bond acceptors (Lipinski definition) is 7. The fourth-order valence-corrected chi connectivity index (χ4v) is 3.37. The van der Waals surface area contributed by atoms with Gasteiger partial charge in [-0.3, -0.25) is 28.9 Å². The Hall–Kier alpha value is -2.88. The number of ketones is 1. The van der Waals surface area contributed by atoms with Gasteiger partial charge in [0.25, 0.3) is 11.1 Å². The highest BCUT2D eigenvalue weighted by Crippen LogP contribution is 2.28. The highest BCUT2D eigenvalue weighted by atomic mass is 32.2. The Labute approximate surface area is 158 Å². The third-order valence-corrected chi connectivity index (χ3v) is 4.87. The summed E-state index contributed by atoms with van der Waals surface area (Å²) in [6, 6.07) is 4.71. The molecule has 1 aromatic rings. The first-order chi connectivity index (χ1) is 12.9. The topological polar surface area (TPSA) is 122 Å². The molecule has 1 saturated heterocycles. The van der Waals surface area contributed by atoms with Crippen LogP contribution < -0.4 is 15.4 Å². The van der Waals surface area contributed by atoms with Crippen LogP contribution >= 0.6 is 11.8 Å². The smallest absolute Gasteiger partial charge is 0.288 e. The minimum atomic E-state index is -0.343. The zero-order valence-electron chi connectivity index (χ0n) is 14.3. The number of rotatable bonds is 7. The number of anilines is 1. The van der Waals surface area contributed by atoms with Crippen molar-refractivity contribution in [3.8, 4) is 5.75 Å². The number of carbonyl (C=O) groups excluding carboxylic acids is 5. The van der Waals surface area contributed by atoms with E-state index in [1.165, 1.54) is 6.07 Å². The number of nitrogens with zero attached hydrogens (tertiary/aromatic N) is 1. The molecule has 27 heavy (non-hydrogen) atoms. The summed E-state index contributed by atoms with van der Waals surface area (Å²) in [6.45, 7) is 0.204. The van der Waals surface area contributed by atoms with Crippen LogP contribution in [0.15, 0.2) is 18.2 Å². The highest BCUT2D eigenvalue weighted by molar-refractivity contribution is 8.14. The van der Waals surface area contributed by atoms with Crippen LogP contribution in [0.4, 0.5) is 10.5 Å². The molecular formula is C17H17N3O6S. The lowest BCUT2D eigenvalue weighted by atomic mass is 10.0. The molecule has 4 amide bonds. The van der Waals surface area contributed by atoms with Crippen LogP contribution in [0.1, 0.15) is 23.2 Å². The zero-order chi connectivity index (χ0) is 19.4. The Morgan fingerprint density at radius 3 is 2.78 bits per heavy atom. The van der Waals surface area contributed by atoms with E-state index in [0.29, 0.717) is 17.0 Å². The molecule has 10 heteroatoms. The van der Waals surface area contributed by atoms with Crippen molar-refractivity contribution in [2.24, 2.45) is 0 Å². The van der Waals surface area contributed by atoms with Gasteiger partial charge in [-0.25, -0.2) is 0 Å². The van der Waals surface area contributed by atoms with E-state index in [1.54, 1.807) is 12.1 Å². The Morgan fingerprint density at radius 1 is 1.22 bits per heavy atom. The molecule has 0 spiro atoms. The van der Waals surface area contributed by atoms with Crippen molar-refractivity contribution in [2.45, 2.75) is 12.8 Å². The second kappa shape index (κ2) is 8.21. The minimum Gasteiger partial charge on any atom is -0.482 e. The fourth-order valence-electron chi connectivity index (χ4n) is 2.62. The van der Waals surface area contributed by atoms with Crippen LogP contribution in [0.25, 0.3) is 0 Å². The number of ether oxygens (including phenoxy) is 1. The number of nitrogens with one attached hydrogen (secondary N) is 2. The highest BCUT2D eigenvalue weighted by Gasteiger charge is 2.29. The van der Waals surface area contributed by atoms with Gasteiger partial charge in [-0.2, -0.15) is 0 Å². The first-order valence-electron chi connectivity index (χ1n) is 8.28. The molecule has 0 atom stereocenters. The maximum Gasteiger partial charge on any atom is 0.288 e. The van der Waals surface area contributed by atoms with E-state index in [1.807, 2.05) is 0 Å². The number of fused-ring (bicyclic) bond motifs is 1. The van der Waals surface area contributed by atoms with Crippen LogP contribution in [0, 0.1) is 0 Å². The molecule has 2 heterocycles. The Balaban J connectivity index is 1.44. The van der Waals surface area contributed by atoms with Crippen molar-refractivity contribution >= 4 is 46.2 Å². The summed E-state index contributed by atoms with van der Waals surface area (Å²) in [6.07, 6.45) is -0.0216. The molecule has 0 saturated carbocycles. The van der Waals surface area contributed by atoms with Gasteiger partial charge in [-0.15, -0.1) is 0 Å². The first-order valence-corrected chi connectivity index (χ1v) is 9.26. The fraction of sp³-hybridized carbons (Fsp3) is 0.353. The lowest BCUT2D eigenvalue weighted by molar-refractivity contribution is -0.125. The molecule has 2 aliphatic heterocycles. The van der Waals surface area contributed by atoms with Gasteiger partial charge in [-0.1, -0.05) is 11.8 Å². The van der Waals surface area contributed by atoms with Crippen molar-refractivity contribution in [3.63, 3.8) is 0 Å². The van der Waals surface area contributed by atoms with Gasteiger partial charge in [0, 0.05) is 31.5 Å². The summed E-state index contributed by atoms with van der Waals surface area (Å²) < 4.78 is 5.23. The lowest BCUT2D eigenvalue weighted by Gasteiger charge is -2.18. The maximum atomic E-state index is 12.3. The van der Waals surface area contributed by atoms with E-state index in [0.717, 1.165) is 16.7 Å². The lowest BCUT2D eigenvalue weighted by Crippen LogP contribution is -2.37. The summed E-state index contributed by atoms with van der Waals surface area (Å²) >= 11 is 0.939. The Kier molecular flexibility index (Phi) is 5.75. The van der Waals surface area contributed by atoms with E-state index in [9.17, 15) is 24.0 Å². The number of imide groups is 1. The van der Waals surface area contributed by atoms with Gasteiger partial charge in [0.05, 0.1) is 11.4 Å². The SMILES string of the molecule is O=C(CCC(=O)c1ccc2c(c1)NC(=O)CO2)NCCN1C(=O)CSC1=O. The summed E-state index contributed by atoms with van der Waals surface area (Å²) in [5.41, 5.74) is 0.803. The van der Waals surface area contributed by atoms with Crippen LogP contribution in [0.5, 0.6) is 5.75 Å². The standard InChI is InChI=1S/C17H17N3O6S/c21-12(10-1-3-13-11(7-10)19-15(23)8-26-13)2-4-14(22)18-5-6-20-16(24)9-27-17(20)25/h1,3,7H,2,4-6,8-9H2,(H,18,22)(H,19,23). The summed E-state index contributed by atoms with van der Waals surface area (Å²) in [7, 11) is 0. The van der Waals surface area contributed by atoms with E-state index in [2.05, 4.69) is 10.6 Å². The third-order valence-electron chi connectivity index (χ3n) is 4.01. The summed E-state index contributed by atoms with van der Waals surface area (Å²) in [5.74, 6) is -0.516. The molecule has 0 radical (unpaired) electrons. The molecule has 3 rings (SSSR count). The molecule has 2 N–H and O–H groups in total. The molecule has 9 nitrogen and oxygen atoms in total. The molecule has 0 aliphatic carbocycles. The van der Waals surface area contributed by atoms with Crippen molar-refractivity contribution in [1.29, 1.82) is 0 Å². The normalized spacial score (nSPS) is 15.9. The third kappa shape index (κ3) is 4.64. The molecule has 0 aromatic heterocycles. The largest absolute Gasteiger partial charge is 0.482 e. The Bertz CT molecular complexity index is 809. The molecular weight excluding hydrogens is 374 g/mol. The molecule has 0 unspecified atom stereocenters. The summed E-state index contributed by atoms with van der Waals surface area (Å²) in [4.78, 5) is 59.4. The molecule has 142 valence electrons. The molecule has 0 bridgehead atoms. The maximum absolute atomic E-state index is 12.3. The summed E-state index contributed by atoms with van der Waals surface area (Å²) in [5, 5.41) is 4.90. The van der Waals surface area contributed by atoms with Crippen molar-refractivity contribution in [2.75, 3.05) is 30.8 Å². The molecule has 2 aliphatic rings. The number of hydrogen-bond donors (Lipinski definition) is 2. The predicted molar refractivity (Wildman–Crippen MR) is 96.7 cm³/mol. The van der Waals surface area contributed by atoms with E-state index in [-0.39, 0.29) is 67.0 Å². The number of amides is 4. The van der Waals surface area contributed by atoms with Gasteiger partial charge >= 0.3 is 0 Å². The second-order valence-electron chi connectivity index (χ2n) is 5.92. The zero-order valence-corrected chi connectivity index (χ0v) is 15.1. The van der Waals surface area contributed by atoms with Crippen molar-refractivity contribution in [1.82, 2.24) is 10.2 Å². The minimum absolute atomic E-state index is 0.00312. The monoisotopic (exact) mass is 391 g/mol. The predicted octanol–water partition coefficient (Wildman–Crippen LogP) is 0.792. The van der Waals surface area contributed by atoms with Crippen molar-refractivity contribution in [3.05, 3.63) is 23.8 Å². The molecule has 1 fully saturated rings. The first kappa shape index (κ1) is 18.9. The average Bonchev–Trinajstić information content (AvgIpc) is 2.97. The number of thioether (sulfide) groups is 1. The van der Waals surface area contributed by atoms with Gasteiger partial charge in [0.15, 0.2) is 12.4 Å². The number of benzene rings is 1. The van der Waals surface area contributed by atoms with Gasteiger partial charge in [-0.05, 0) is 18.2 Å². The molecule has 1 aromatic carbocycles. The Morgan fingerprint density at radius 2 is 2.04 bits per heavy atom. The van der Waals surface area contributed by atoms with Crippen LogP contribution in [-0.4, -0.2) is 59.1 Å². The van der Waals surface area contributed by atoms with Crippen molar-refractivity contribution < 1.29 is 28.7 Å². The van der Waals surface area contributed by atoms with E-state index < -0.39 is 0 Å². The number of Topliss-reactive ketones (excluding diaryl/α,β-unsaturated/α-hetero) is 1. The average molecular weight is 391 g/mol. The van der Waals surface area contributed by atoms with E-state index >= 15 is 0 Å². The quantitative estimate of drug-likeness (QED) is 0.659. The van der Waals surface area contributed by atoms with Gasteiger partial charge in [0.1, 0.15) is 5.75 Å².